The lowest BCUT2D eigenvalue weighted by Crippen LogP contribution is -2.31. The molecule has 178 valence electrons. The van der Waals surface area contributed by atoms with Gasteiger partial charge in [0, 0.05) is 11.6 Å². The summed E-state index contributed by atoms with van der Waals surface area (Å²) in [5.74, 6) is 0.989. The van der Waals surface area contributed by atoms with E-state index in [0.29, 0.717) is 40.4 Å². The number of hydrogen-bond acceptors (Lipinski definition) is 4. The van der Waals surface area contributed by atoms with E-state index in [1.54, 1.807) is 30.2 Å². The second kappa shape index (κ2) is 9.23. The second-order valence-electron chi connectivity index (χ2n) is 9.13. The van der Waals surface area contributed by atoms with Gasteiger partial charge in [-0.25, -0.2) is 0 Å². The number of fused-ring (bicyclic) bond motifs is 2. The molecule has 0 spiro atoms. The highest BCUT2D eigenvalue weighted by Crippen LogP contribution is 2.39. The summed E-state index contributed by atoms with van der Waals surface area (Å²) in [6, 6.07) is 20.3. The van der Waals surface area contributed by atoms with Gasteiger partial charge in [0.1, 0.15) is 11.3 Å². The SMILES string of the molecule is COc1ccc(CCN2C(=O)c3oc4ccc(Cl)cc4c(=O)c3C2c2ccc(C(C)C)cc2)cc1. The summed E-state index contributed by atoms with van der Waals surface area (Å²) >= 11 is 6.17. The van der Waals surface area contributed by atoms with Crippen LogP contribution in [0.5, 0.6) is 5.75 Å². The number of carbonyl (C=O) groups is 1. The van der Waals surface area contributed by atoms with Gasteiger partial charge in [0.25, 0.3) is 5.91 Å². The maximum atomic E-state index is 13.7. The van der Waals surface area contributed by atoms with Crippen LogP contribution < -0.4 is 10.2 Å². The van der Waals surface area contributed by atoms with Gasteiger partial charge < -0.3 is 14.1 Å². The molecule has 4 aromatic rings. The summed E-state index contributed by atoms with van der Waals surface area (Å²) in [6.45, 7) is 4.70. The first-order valence-electron chi connectivity index (χ1n) is 11.7. The lowest BCUT2D eigenvalue weighted by atomic mass is 9.95. The first-order chi connectivity index (χ1) is 16.9. The van der Waals surface area contributed by atoms with Crippen LogP contribution in [0.25, 0.3) is 11.0 Å². The number of nitrogens with zero attached hydrogens (tertiary/aromatic N) is 1. The Labute approximate surface area is 208 Å². The molecule has 0 saturated heterocycles. The summed E-state index contributed by atoms with van der Waals surface area (Å²) in [4.78, 5) is 29.0. The molecule has 1 amide bonds. The van der Waals surface area contributed by atoms with Gasteiger partial charge in [0.05, 0.1) is 24.1 Å². The standard InChI is InChI=1S/C29H26ClNO4/c1-17(2)19-6-8-20(9-7-19)26-25-27(32)23-16-21(30)10-13-24(23)35-28(25)29(33)31(26)15-14-18-4-11-22(34-3)12-5-18/h4-13,16-17,26H,14-15H2,1-3H3. The van der Waals surface area contributed by atoms with Crippen molar-refractivity contribution in [3.8, 4) is 5.75 Å². The Bertz CT molecular complexity index is 1460. The Morgan fingerprint density at radius 2 is 1.71 bits per heavy atom. The molecule has 0 fully saturated rings. The minimum absolute atomic E-state index is 0.109. The van der Waals surface area contributed by atoms with E-state index >= 15 is 0 Å². The third kappa shape index (κ3) is 4.21. The minimum atomic E-state index is -0.531. The van der Waals surface area contributed by atoms with E-state index in [0.717, 1.165) is 16.9 Å². The summed E-state index contributed by atoms with van der Waals surface area (Å²) in [5, 5.41) is 0.827. The van der Waals surface area contributed by atoms with E-state index in [-0.39, 0.29) is 17.1 Å². The number of carbonyl (C=O) groups excluding carboxylic acids is 1. The molecular weight excluding hydrogens is 462 g/mol. The van der Waals surface area contributed by atoms with E-state index in [1.165, 1.54) is 5.56 Å². The average Bonchev–Trinajstić information content (AvgIpc) is 3.15. The highest BCUT2D eigenvalue weighted by Gasteiger charge is 2.42. The molecule has 0 N–H and O–H groups in total. The Morgan fingerprint density at radius 3 is 2.37 bits per heavy atom. The van der Waals surface area contributed by atoms with Crippen LogP contribution >= 0.6 is 11.6 Å². The molecule has 5 nitrogen and oxygen atoms in total. The predicted molar refractivity (Wildman–Crippen MR) is 138 cm³/mol. The van der Waals surface area contributed by atoms with Crippen LogP contribution in [0.1, 0.15) is 58.6 Å². The summed E-state index contributed by atoms with van der Waals surface area (Å²) in [5.41, 5.74) is 3.65. The van der Waals surface area contributed by atoms with Crippen molar-refractivity contribution in [3.63, 3.8) is 0 Å². The van der Waals surface area contributed by atoms with E-state index in [2.05, 4.69) is 26.0 Å². The summed E-state index contributed by atoms with van der Waals surface area (Å²) < 4.78 is 11.3. The molecule has 35 heavy (non-hydrogen) atoms. The monoisotopic (exact) mass is 487 g/mol. The molecule has 0 saturated carbocycles. The fraction of sp³-hybridized carbons (Fsp3) is 0.241. The molecular formula is C29H26ClNO4. The number of ether oxygens (including phenoxy) is 1. The van der Waals surface area contributed by atoms with Crippen LogP contribution in [0, 0.1) is 0 Å². The van der Waals surface area contributed by atoms with Crippen LogP contribution in [-0.2, 0) is 6.42 Å². The maximum Gasteiger partial charge on any atom is 0.290 e. The van der Waals surface area contributed by atoms with Gasteiger partial charge in [-0.3, -0.25) is 9.59 Å². The van der Waals surface area contributed by atoms with Crippen LogP contribution in [0.15, 0.2) is 75.9 Å². The number of rotatable bonds is 6. The first kappa shape index (κ1) is 23.2. The van der Waals surface area contributed by atoms with Crippen molar-refractivity contribution in [2.75, 3.05) is 13.7 Å². The second-order valence-corrected chi connectivity index (χ2v) is 9.57. The third-order valence-corrected chi connectivity index (χ3v) is 6.88. The van der Waals surface area contributed by atoms with Crippen LogP contribution in [-0.4, -0.2) is 24.5 Å². The van der Waals surface area contributed by atoms with Gasteiger partial charge in [0.15, 0.2) is 5.43 Å². The maximum absolute atomic E-state index is 13.7. The van der Waals surface area contributed by atoms with Crippen molar-refractivity contribution in [1.82, 2.24) is 4.90 Å². The molecule has 0 aliphatic carbocycles. The number of hydrogen-bond donors (Lipinski definition) is 0. The smallest absolute Gasteiger partial charge is 0.290 e. The third-order valence-electron chi connectivity index (χ3n) is 6.65. The summed E-state index contributed by atoms with van der Waals surface area (Å²) in [7, 11) is 1.63. The van der Waals surface area contributed by atoms with E-state index in [4.69, 9.17) is 20.8 Å². The molecule has 1 aliphatic rings. The molecule has 0 radical (unpaired) electrons. The fourth-order valence-electron chi connectivity index (χ4n) is 4.67. The van der Waals surface area contributed by atoms with E-state index in [9.17, 15) is 9.59 Å². The molecule has 1 aliphatic heterocycles. The molecule has 2 heterocycles. The normalized spacial score (nSPS) is 15.2. The molecule has 1 unspecified atom stereocenters. The number of benzene rings is 3. The number of halogens is 1. The van der Waals surface area contributed by atoms with Crippen LogP contribution in [0.2, 0.25) is 5.02 Å². The zero-order valence-electron chi connectivity index (χ0n) is 19.9. The van der Waals surface area contributed by atoms with Crippen molar-refractivity contribution in [2.45, 2.75) is 32.2 Å². The highest BCUT2D eigenvalue weighted by atomic mass is 35.5. The molecule has 3 aromatic carbocycles. The molecule has 5 rings (SSSR count). The Morgan fingerprint density at radius 1 is 1.00 bits per heavy atom. The van der Waals surface area contributed by atoms with Gasteiger partial charge in [0.2, 0.25) is 5.76 Å². The lowest BCUT2D eigenvalue weighted by molar-refractivity contribution is 0.0730. The largest absolute Gasteiger partial charge is 0.497 e. The Balaban J connectivity index is 1.59. The van der Waals surface area contributed by atoms with Gasteiger partial charge in [-0.1, -0.05) is 61.8 Å². The van der Waals surface area contributed by atoms with Crippen molar-refractivity contribution >= 4 is 28.5 Å². The zero-order chi connectivity index (χ0) is 24.7. The predicted octanol–water partition coefficient (Wildman–Crippen LogP) is 6.37. The topological polar surface area (TPSA) is 59.8 Å². The van der Waals surface area contributed by atoms with Crippen molar-refractivity contribution in [1.29, 1.82) is 0 Å². The van der Waals surface area contributed by atoms with Gasteiger partial charge in [-0.05, 0) is 59.4 Å². The number of amides is 1. The molecule has 1 atom stereocenters. The van der Waals surface area contributed by atoms with Crippen molar-refractivity contribution < 1.29 is 13.9 Å². The van der Waals surface area contributed by atoms with E-state index < -0.39 is 6.04 Å². The Hall–Kier alpha value is -3.57. The van der Waals surface area contributed by atoms with Gasteiger partial charge in [-0.2, -0.15) is 0 Å². The quantitative estimate of drug-likeness (QED) is 0.317. The zero-order valence-corrected chi connectivity index (χ0v) is 20.6. The van der Waals surface area contributed by atoms with Gasteiger partial charge in [-0.15, -0.1) is 0 Å². The van der Waals surface area contributed by atoms with Crippen LogP contribution in [0.3, 0.4) is 0 Å². The van der Waals surface area contributed by atoms with Crippen molar-refractivity contribution in [2.24, 2.45) is 0 Å². The fourth-order valence-corrected chi connectivity index (χ4v) is 4.85. The molecule has 0 bridgehead atoms. The molecule has 6 heteroatoms. The number of methoxy groups -OCH3 is 1. The average molecular weight is 488 g/mol. The summed E-state index contributed by atoms with van der Waals surface area (Å²) in [6.07, 6.45) is 0.629. The molecule has 1 aromatic heterocycles. The Kier molecular flexibility index (Phi) is 6.12. The van der Waals surface area contributed by atoms with Crippen molar-refractivity contribution in [3.05, 3.63) is 110 Å². The highest BCUT2D eigenvalue weighted by molar-refractivity contribution is 6.31. The van der Waals surface area contributed by atoms with Crippen LogP contribution in [0.4, 0.5) is 0 Å². The first-order valence-corrected chi connectivity index (χ1v) is 12.0. The van der Waals surface area contributed by atoms with Gasteiger partial charge >= 0.3 is 0 Å². The van der Waals surface area contributed by atoms with E-state index in [1.807, 2.05) is 36.4 Å². The minimum Gasteiger partial charge on any atom is -0.497 e. The lowest BCUT2D eigenvalue weighted by Gasteiger charge is -2.25.